The lowest BCUT2D eigenvalue weighted by atomic mass is 10.1. The van der Waals surface area contributed by atoms with Crippen LogP contribution in [0.2, 0.25) is 0 Å². The molecule has 120 valence electrons. The van der Waals surface area contributed by atoms with Crippen LogP contribution < -0.4 is 10.2 Å². The molecule has 2 rings (SSSR count). The minimum atomic E-state index is -0.503. The number of carbonyl (C=O) groups excluding carboxylic acids is 1. The first-order chi connectivity index (χ1) is 11.0. The number of halogens is 2. The first-order valence-electron chi connectivity index (χ1n) is 6.66. The number of amides is 1. The third kappa shape index (κ3) is 5.07. The van der Waals surface area contributed by atoms with Crippen LogP contribution in [0.15, 0.2) is 52.0 Å². The monoisotopic (exact) mass is 380 g/mol. The van der Waals surface area contributed by atoms with Gasteiger partial charge in [0.2, 0.25) is 0 Å². The van der Waals surface area contributed by atoms with Gasteiger partial charge in [0.25, 0.3) is 5.91 Å². The molecule has 0 spiro atoms. The second-order valence-corrected chi connectivity index (χ2v) is 5.55. The highest BCUT2D eigenvalue weighted by atomic mass is 79.9. The Labute approximate surface area is 140 Å². The lowest BCUT2D eigenvalue weighted by molar-refractivity contribution is -0.123. The van der Waals surface area contributed by atoms with E-state index in [2.05, 4.69) is 26.5 Å². The smallest absolute Gasteiger partial charge is 0.277 e. The summed E-state index contributed by atoms with van der Waals surface area (Å²) < 4.78 is 19.4. The number of rotatable bonds is 5. The third-order valence-corrected chi connectivity index (χ3v) is 3.41. The van der Waals surface area contributed by atoms with Crippen LogP contribution in [0.5, 0.6) is 11.5 Å². The number of hydrazone groups is 1. The summed E-state index contributed by atoms with van der Waals surface area (Å²) in [5.41, 5.74) is 2.77. The van der Waals surface area contributed by atoms with Gasteiger partial charge in [-0.1, -0.05) is 15.9 Å². The second-order valence-electron chi connectivity index (χ2n) is 4.64. The van der Waals surface area contributed by atoms with Gasteiger partial charge in [0.1, 0.15) is 17.3 Å². The Hall–Kier alpha value is -2.41. The highest BCUT2D eigenvalue weighted by molar-refractivity contribution is 9.10. The van der Waals surface area contributed by atoms with Crippen molar-refractivity contribution in [3.8, 4) is 11.5 Å². The van der Waals surface area contributed by atoms with Crippen molar-refractivity contribution >= 4 is 27.5 Å². The normalized spacial score (nSPS) is 11.2. The van der Waals surface area contributed by atoms with Gasteiger partial charge in [-0.3, -0.25) is 4.79 Å². The summed E-state index contributed by atoms with van der Waals surface area (Å²) in [4.78, 5) is 11.7. The van der Waals surface area contributed by atoms with Crippen LogP contribution in [-0.4, -0.2) is 23.3 Å². The molecule has 2 aromatic carbocycles. The number of phenolic OH excluding ortho intramolecular Hbond substituents is 1. The van der Waals surface area contributed by atoms with E-state index >= 15 is 0 Å². The van der Waals surface area contributed by atoms with Gasteiger partial charge < -0.3 is 9.84 Å². The van der Waals surface area contributed by atoms with Crippen molar-refractivity contribution < 1.29 is 19.0 Å². The van der Waals surface area contributed by atoms with Gasteiger partial charge in [-0.15, -0.1) is 0 Å². The van der Waals surface area contributed by atoms with Crippen molar-refractivity contribution in [1.29, 1.82) is 0 Å². The third-order valence-electron chi connectivity index (χ3n) is 2.88. The van der Waals surface area contributed by atoms with Gasteiger partial charge in [0, 0.05) is 10.0 Å². The molecule has 2 N–H and O–H groups in total. The fourth-order valence-corrected chi connectivity index (χ4v) is 1.98. The summed E-state index contributed by atoms with van der Waals surface area (Å²) in [5.74, 6) is -0.541. The highest BCUT2D eigenvalue weighted by Gasteiger charge is 2.07. The Bertz CT molecular complexity index is 733. The number of phenols is 1. The number of nitrogens with one attached hydrogen (secondary N) is 1. The van der Waals surface area contributed by atoms with E-state index in [9.17, 15) is 14.3 Å². The fourth-order valence-electron chi connectivity index (χ4n) is 1.72. The minimum Gasteiger partial charge on any atom is -0.507 e. The van der Waals surface area contributed by atoms with Crippen LogP contribution >= 0.6 is 15.9 Å². The SMILES string of the molecule is C/C(=N\NC(=O)COc1ccc(Br)cc1)c1cc(F)ccc1O. The molecule has 0 fully saturated rings. The van der Waals surface area contributed by atoms with Gasteiger partial charge in [0.15, 0.2) is 6.61 Å². The standard InChI is InChI=1S/C16H14BrFN2O3/c1-10(14-8-12(18)4-7-15(14)21)19-20-16(22)9-23-13-5-2-11(17)3-6-13/h2-8,21H,9H2,1H3,(H,20,22)/b19-10+. The van der Waals surface area contributed by atoms with Crippen molar-refractivity contribution in [1.82, 2.24) is 5.43 Å². The molecule has 0 aliphatic heterocycles. The van der Waals surface area contributed by atoms with Crippen LogP contribution in [-0.2, 0) is 4.79 Å². The summed E-state index contributed by atoms with van der Waals surface area (Å²) in [7, 11) is 0. The van der Waals surface area contributed by atoms with Crippen molar-refractivity contribution in [2.75, 3.05) is 6.61 Å². The van der Waals surface area contributed by atoms with Gasteiger partial charge in [0.05, 0.1) is 5.71 Å². The van der Waals surface area contributed by atoms with E-state index in [1.165, 1.54) is 6.07 Å². The molecular formula is C16H14BrFN2O3. The van der Waals surface area contributed by atoms with E-state index in [1.807, 2.05) is 0 Å². The van der Waals surface area contributed by atoms with Gasteiger partial charge >= 0.3 is 0 Å². The fraction of sp³-hybridized carbons (Fsp3) is 0.125. The van der Waals surface area contributed by atoms with Gasteiger partial charge in [-0.25, -0.2) is 9.82 Å². The predicted molar refractivity (Wildman–Crippen MR) is 88.1 cm³/mol. The summed E-state index contributed by atoms with van der Waals surface area (Å²) in [6, 6.07) is 10.5. The molecule has 0 unspecified atom stereocenters. The van der Waals surface area contributed by atoms with E-state index in [0.717, 1.165) is 16.6 Å². The molecule has 7 heteroatoms. The maximum absolute atomic E-state index is 13.2. The minimum absolute atomic E-state index is 0.118. The highest BCUT2D eigenvalue weighted by Crippen LogP contribution is 2.18. The molecule has 5 nitrogen and oxygen atoms in total. The van der Waals surface area contributed by atoms with Gasteiger partial charge in [-0.05, 0) is 49.4 Å². The molecular weight excluding hydrogens is 367 g/mol. The Balaban J connectivity index is 1.92. The van der Waals surface area contributed by atoms with Crippen molar-refractivity contribution in [2.45, 2.75) is 6.92 Å². The zero-order valence-electron chi connectivity index (χ0n) is 12.2. The average Bonchev–Trinajstić information content (AvgIpc) is 2.54. The second kappa shape index (κ2) is 7.73. The number of benzene rings is 2. The van der Waals surface area contributed by atoms with Crippen LogP contribution in [0.25, 0.3) is 0 Å². The van der Waals surface area contributed by atoms with Crippen LogP contribution in [0, 0.1) is 5.82 Å². The quantitative estimate of drug-likeness (QED) is 0.617. The molecule has 0 aromatic heterocycles. The average molecular weight is 381 g/mol. The van der Waals surface area contributed by atoms with Crippen LogP contribution in [0.4, 0.5) is 4.39 Å². The maximum Gasteiger partial charge on any atom is 0.277 e. The Kier molecular flexibility index (Phi) is 5.70. The van der Waals surface area contributed by atoms with E-state index in [0.29, 0.717) is 5.75 Å². The lowest BCUT2D eigenvalue weighted by Gasteiger charge is -2.07. The molecule has 0 saturated carbocycles. The molecule has 23 heavy (non-hydrogen) atoms. The summed E-state index contributed by atoms with van der Waals surface area (Å²) in [6.07, 6.45) is 0. The zero-order chi connectivity index (χ0) is 16.8. The summed E-state index contributed by atoms with van der Waals surface area (Å²) in [5, 5.41) is 13.5. The molecule has 0 aliphatic rings. The van der Waals surface area contributed by atoms with Gasteiger partial charge in [-0.2, -0.15) is 5.10 Å². The molecule has 0 saturated heterocycles. The summed E-state index contributed by atoms with van der Waals surface area (Å²) >= 11 is 3.30. The summed E-state index contributed by atoms with van der Waals surface area (Å²) in [6.45, 7) is 1.33. The number of aromatic hydroxyl groups is 1. The molecule has 1 amide bonds. The topological polar surface area (TPSA) is 70.9 Å². The number of ether oxygens (including phenoxy) is 1. The Morgan fingerprint density at radius 1 is 1.30 bits per heavy atom. The van der Waals surface area contributed by atoms with Crippen LogP contribution in [0.3, 0.4) is 0 Å². The predicted octanol–water partition coefficient (Wildman–Crippen LogP) is 3.21. The van der Waals surface area contributed by atoms with Crippen molar-refractivity contribution in [3.63, 3.8) is 0 Å². The zero-order valence-corrected chi connectivity index (χ0v) is 13.8. The first-order valence-corrected chi connectivity index (χ1v) is 7.45. The van der Waals surface area contributed by atoms with Crippen molar-refractivity contribution in [3.05, 3.63) is 58.3 Å². The van der Waals surface area contributed by atoms with Crippen molar-refractivity contribution in [2.24, 2.45) is 5.10 Å². The van der Waals surface area contributed by atoms with E-state index in [1.54, 1.807) is 31.2 Å². The molecule has 0 bridgehead atoms. The number of carbonyl (C=O) groups is 1. The number of nitrogens with zero attached hydrogens (tertiary/aromatic N) is 1. The molecule has 0 heterocycles. The Morgan fingerprint density at radius 2 is 2.00 bits per heavy atom. The molecule has 0 aliphatic carbocycles. The van der Waals surface area contributed by atoms with E-state index < -0.39 is 11.7 Å². The molecule has 2 aromatic rings. The van der Waals surface area contributed by atoms with Crippen LogP contribution in [0.1, 0.15) is 12.5 Å². The first kappa shape index (κ1) is 17.0. The number of hydrogen-bond donors (Lipinski definition) is 2. The lowest BCUT2D eigenvalue weighted by Crippen LogP contribution is -2.25. The van der Waals surface area contributed by atoms with E-state index in [4.69, 9.17) is 4.74 Å². The largest absolute Gasteiger partial charge is 0.507 e. The maximum atomic E-state index is 13.2. The number of hydrogen-bond acceptors (Lipinski definition) is 4. The Morgan fingerprint density at radius 3 is 2.70 bits per heavy atom. The van der Waals surface area contributed by atoms with E-state index in [-0.39, 0.29) is 23.6 Å². The molecule has 0 atom stereocenters. The molecule has 0 radical (unpaired) electrons.